The van der Waals surface area contributed by atoms with E-state index in [0.717, 1.165) is 0 Å². The Morgan fingerprint density at radius 2 is 1.43 bits per heavy atom. The molecule has 0 radical (unpaired) electrons. The zero-order valence-electron chi connectivity index (χ0n) is 15.5. The Morgan fingerprint density at radius 1 is 0.905 bits per heavy atom. The first-order valence-corrected chi connectivity index (χ1v) is 8.28. The molecule has 1 aromatic carbocycles. The van der Waals surface area contributed by atoms with Crippen molar-refractivity contribution in [3.05, 3.63) is 35.4 Å². The van der Waals surface area contributed by atoms with Gasteiger partial charge in [0.1, 0.15) is 0 Å². The molecule has 21 heavy (non-hydrogen) atoms. The summed E-state index contributed by atoms with van der Waals surface area (Å²) in [4.78, 5) is 0. The van der Waals surface area contributed by atoms with Gasteiger partial charge in [-0.05, 0) is 17.3 Å². The van der Waals surface area contributed by atoms with Gasteiger partial charge in [0.2, 0.25) is 0 Å². The fourth-order valence-corrected chi connectivity index (χ4v) is 2.26. The molecule has 0 aromatic heterocycles. The van der Waals surface area contributed by atoms with E-state index >= 15 is 0 Å². The zero-order valence-corrected chi connectivity index (χ0v) is 15.5. The molecule has 0 N–H and O–H groups in total. The largest absolute Gasteiger partial charge is 1.00 e. The molecule has 0 nitrogen and oxygen atoms in total. The third-order valence-corrected chi connectivity index (χ3v) is 5.08. The summed E-state index contributed by atoms with van der Waals surface area (Å²) >= 11 is 0. The van der Waals surface area contributed by atoms with Gasteiger partial charge in [0, 0.05) is 0 Å². The maximum Gasteiger partial charge on any atom is 1.00 e. The van der Waals surface area contributed by atoms with E-state index in [1.165, 1.54) is 49.7 Å². The first kappa shape index (κ1) is 20.8. The van der Waals surface area contributed by atoms with Crippen molar-refractivity contribution in [1.82, 2.24) is 0 Å². The van der Waals surface area contributed by atoms with Crippen LogP contribution < -0.4 is 18.9 Å². The number of hydrogen-bond acceptors (Lipinski definition) is 0. The van der Waals surface area contributed by atoms with E-state index in [1.807, 2.05) is 0 Å². The molecule has 0 aliphatic carbocycles. The van der Waals surface area contributed by atoms with Gasteiger partial charge >= 0.3 is 18.9 Å². The number of rotatable bonds is 8. The molecule has 0 unspecified atom stereocenters. The molecule has 0 saturated carbocycles. The van der Waals surface area contributed by atoms with Crippen molar-refractivity contribution in [1.29, 1.82) is 0 Å². The van der Waals surface area contributed by atoms with Gasteiger partial charge in [-0.3, -0.25) is 0 Å². The van der Waals surface area contributed by atoms with E-state index in [-0.39, 0.29) is 18.9 Å². The molecule has 114 valence electrons. The Bertz CT molecular complexity index is 365. The van der Waals surface area contributed by atoms with Gasteiger partial charge in [-0.1, -0.05) is 73.6 Å². The van der Waals surface area contributed by atoms with Crippen LogP contribution in [0.2, 0.25) is 0 Å². The van der Waals surface area contributed by atoms with Crippen LogP contribution in [0.4, 0.5) is 0 Å². The Balaban J connectivity index is 0.00000400. The second-order valence-electron chi connectivity index (χ2n) is 7.71. The minimum Gasteiger partial charge on any atom is -0.180 e. The maximum atomic E-state index is 3.49. The second-order valence-corrected chi connectivity index (χ2v) is 7.71. The van der Waals surface area contributed by atoms with E-state index < -0.39 is 0 Å². The van der Waals surface area contributed by atoms with Gasteiger partial charge in [-0.25, -0.2) is 0 Å². The van der Waals surface area contributed by atoms with Crippen LogP contribution in [0.5, 0.6) is 0 Å². The SMILES string of the molecule is CCC(C)(C)CCc1[c-]cccc1CCC(C)(C)CC.[Li+]. The van der Waals surface area contributed by atoms with Crippen LogP contribution in [0.1, 0.15) is 78.4 Å². The van der Waals surface area contributed by atoms with E-state index in [0.29, 0.717) is 10.8 Å². The summed E-state index contributed by atoms with van der Waals surface area (Å²) in [6, 6.07) is 10.0. The third kappa shape index (κ3) is 7.58. The molecular weight excluding hydrogens is 247 g/mol. The summed E-state index contributed by atoms with van der Waals surface area (Å²) in [6.07, 6.45) is 7.39. The molecular formula is C20H33Li. The van der Waals surface area contributed by atoms with Crippen molar-refractivity contribution in [3.63, 3.8) is 0 Å². The van der Waals surface area contributed by atoms with Gasteiger partial charge in [0.05, 0.1) is 0 Å². The zero-order chi connectivity index (χ0) is 15.2. The van der Waals surface area contributed by atoms with Gasteiger partial charge in [-0.15, -0.1) is 0 Å². The summed E-state index contributed by atoms with van der Waals surface area (Å²) in [5, 5.41) is 0. The quantitative estimate of drug-likeness (QED) is 0.506. The Kier molecular flexibility index (Phi) is 8.99. The Labute approximate surface area is 145 Å². The van der Waals surface area contributed by atoms with Crippen LogP contribution in [0, 0.1) is 16.9 Å². The van der Waals surface area contributed by atoms with Crippen molar-refractivity contribution < 1.29 is 18.9 Å². The third-order valence-electron chi connectivity index (χ3n) is 5.08. The molecule has 1 aromatic rings. The first-order chi connectivity index (χ1) is 9.29. The van der Waals surface area contributed by atoms with Gasteiger partial charge in [-0.2, -0.15) is 35.4 Å². The van der Waals surface area contributed by atoms with Crippen molar-refractivity contribution in [2.75, 3.05) is 0 Å². The first-order valence-electron chi connectivity index (χ1n) is 8.28. The summed E-state index contributed by atoms with van der Waals surface area (Å²) in [5.74, 6) is 0. The monoisotopic (exact) mass is 280 g/mol. The molecule has 1 rings (SSSR count). The van der Waals surface area contributed by atoms with Gasteiger partial charge in [0.25, 0.3) is 0 Å². The van der Waals surface area contributed by atoms with Crippen LogP contribution in [0.3, 0.4) is 0 Å². The predicted molar refractivity (Wildman–Crippen MR) is 90.1 cm³/mol. The van der Waals surface area contributed by atoms with Crippen LogP contribution in [-0.2, 0) is 12.8 Å². The van der Waals surface area contributed by atoms with Crippen molar-refractivity contribution >= 4 is 0 Å². The smallest absolute Gasteiger partial charge is 0.180 e. The summed E-state index contributed by atoms with van der Waals surface area (Å²) in [6.45, 7) is 14.1. The molecule has 0 bridgehead atoms. The van der Waals surface area contributed by atoms with Crippen LogP contribution >= 0.6 is 0 Å². The van der Waals surface area contributed by atoms with E-state index in [2.05, 4.69) is 65.8 Å². The van der Waals surface area contributed by atoms with Crippen LogP contribution in [0.25, 0.3) is 0 Å². The molecule has 1 heteroatoms. The van der Waals surface area contributed by atoms with Crippen LogP contribution in [-0.4, -0.2) is 0 Å². The molecule has 0 aliphatic heterocycles. The fraction of sp³-hybridized carbons (Fsp3) is 0.700. The average Bonchev–Trinajstić information content (AvgIpc) is 2.44. The maximum absolute atomic E-state index is 3.49. The van der Waals surface area contributed by atoms with E-state index in [9.17, 15) is 0 Å². The Morgan fingerprint density at radius 3 is 1.95 bits per heavy atom. The molecule has 0 aliphatic rings. The number of benzene rings is 1. The molecule has 0 amide bonds. The molecule has 0 atom stereocenters. The van der Waals surface area contributed by atoms with Gasteiger partial charge in [0.15, 0.2) is 0 Å². The van der Waals surface area contributed by atoms with Crippen LogP contribution in [0.15, 0.2) is 18.2 Å². The minimum atomic E-state index is 0. The average molecular weight is 280 g/mol. The number of aryl methyl sites for hydroxylation is 2. The molecule has 0 heterocycles. The summed E-state index contributed by atoms with van der Waals surface area (Å²) < 4.78 is 0. The Hall–Kier alpha value is -0.183. The van der Waals surface area contributed by atoms with Gasteiger partial charge < -0.3 is 0 Å². The normalized spacial score (nSPS) is 12.1. The minimum absolute atomic E-state index is 0. The van der Waals surface area contributed by atoms with Crippen molar-refractivity contribution in [3.8, 4) is 0 Å². The van der Waals surface area contributed by atoms with E-state index in [1.54, 1.807) is 0 Å². The fourth-order valence-electron chi connectivity index (χ4n) is 2.26. The second kappa shape index (κ2) is 9.07. The van der Waals surface area contributed by atoms with Crippen molar-refractivity contribution in [2.45, 2.75) is 80.1 Å². The van der Waals surface area contributed by atoms with E-state index in [4.69, 9.17) is 0 Å². The summed E-state index contributed by atoms with van der Waals surface area (Å²) in [7, 11) is 0. The molecule has 0 saturated heterocycles. The summed E-state index contributed by atoms with van der Waals surface area (Å²) in [5.41, 5.74) is 3.86. The molecule has 0 spiro atoms. The van der Waals surface area contributed by atoms with Crippen molar-refractivity contribution in [2.24, 2.45) is 10.8 Å². The predicted octanol–water partition coefficient (Wildman–Crippen LogP) is 3.23. The standard InChI is InChI=1S/C20H33.Li/c1-7-19(3,4)15-13-17-11-9-10-12-18(17)14-16-20(5,6)8-2;/h9-11H,7-8,13-16H2,1-6H3;/q-1;+1. The topological polar surface area (TPSA) is 0 Å². The molecule has 0 fully saturated rings. The number of hydrogen-bond donors (Lipinski definition) is 0.